The highest BCUT2D eigenvalue weighted by atomic mass is 19.1. The molecule has 90 valence electrons. The van der Waals surface area contributed by atoms with E-state index in [-0.39, 0.29) is 5.82 Å². The van der Waals surface area contributed by atoms with Crippen molar-refractivity contribution in [1.29, 1.82) is 0 Å². The molecule has 1 aromatic carbocycles. The van der Waals surface area contributed by atoms with Crippen molar-refractivity contribution in [2.45, 2.75) is 20.1 Å². The summed E-state index contributed by atoms with van der Waals surface area (Å²) in [5, 5.41) is 4.11. The summed E-state index contributed by atoms with van der Waals surface area (Å²) in [6, 6.07) is 5.87. The zero-order valence-electron chi connectivity index (χ0n) is 9.56. The number of nitrogens with zero attached hydrogens (tertiary/aromatic N) is 2. The normalized spacial score (nSPS) is 10.5. The first kappa shape index (κ1) is 11.4. The molecule has 5 heteroatoms. The second kappa shape index (κ2) is 4.86. The zero-order valence-corrected chi connectivity index (χ0v) is 9.56. The number of hydrogen-bond acceptors (Lipinski definition) is 3. The average molecular weight is 235 g/mol. The molecule has 2 rings (SSSR count). The first-order valence-electron chi connectivity index (χ1n) is 5.39. The van der Waals surface area contributed by atoms with Gasteiger partial charge in [-0.05, 0) is 31.2 Å². The lowest BCUT2D eigenvalue weighted by atomic mass is 10.3. The second-order valence-electron chi connectivity index (χ2n) is 3.61. The van der Waals surface area contributed by atoms with Crippen molar-refractivity contribution >= 4 is 5.82 Å². The van der Waals surface area contributed by atoms with E-state index in [0.29, 0.717) is 18.2 Å². The van der Waals surface area contributed by atoms with Crippen molar-refractivity contribution < 1.29 is 9.13 Å². The minimum Gasteiger partial charge on any atom is -0.489 e. The van der Waals surface area contributed by atoms with Crippen LogP contribution in [0, 0.1) is 5.82 Å². The molecule has 0 radical (unpaired) electrons. The van der Waals surface area contributed by atoms with Crippen LogP contribution in [-0.4, -0.2) is 9.78 Å². The predicted molar refractivity (Wildman–Crippen MR) is 63.0 cm³/mol. The van der Waals surface area contributed by atoms with E-state index in [4.69, 9.17) is 10.5 Å². The summed E-state index contributed by atoms with van der Waals surface area (Å²) in [6.45, 7) is 3.02. The zero-order chi connectivity index (χ0) is 12.3. The van der Waals surface area contributed by atoms with Gasteiger partial charge in [0.25, 0.3) is 0 Å². The van der Waals surface area contributed by atoms with Crippen molar-refractivity contribution in [1.82, 2.24) is 9.78 Å². The van der Waals surface area contributed by atoms with Crippen LogP contribution < -0.4 is 10.5 Å². The van der Waals surface area contributed by atoms with Crippen LogP contribution >= 0.6 is 0 Å². The molecule has 0 saturated carbocycles. The van der Waals surface area contributed by atoms with E-state index in [0.717, 1.165) is 12.1 Å². The van der Waals surface area contributed by atoms with E-state index in [1.807, 2.05) is 6.92 Å². The number of nitrogen functional groups attached to an aromatic ring is 1. The third-order valence-corrected chi connectivity index (χ3v) is 2.47. The fraction of sp³-hybridized carbons (Fsp3) is 0.250. The van der Waals surface area contributed by atoms with Crippen LogP contribution in [0.4, 0.5) is 10.2 Å². The lowest BCUT2D eigenvalue weighted by molar-refractivity contribution is 0.306. The van der Waals surface area contributed by atoms with Crippen molar-refractivity contribution in [2.24, 2.45) is 0 Å². The SMILES string of the molecule is CCn1ncc(COc2ccc(F)cc2)c1N. The minimum absolute atomic E-state index is 0.282. The van der Waals surface area contributed by atoms with Gasteiger partial charge in [-0.3, -0.25) is 4.68 Å². The molecule has 0 fully saturated rings. The van der Waals surface area contributed by atoms with E-state index in [1.54, 1.807) is 23.0 Å². The molecule has 0 atom stereocenters. The maximum Gasteiger partial charge on any atom is 0.128 e. The quantitative estimate of drug-likeness (QED) is 0.883. The molecule has 0 aliphatic heterocycles. The molecule has 0 spiro atoms. The molecule has 0 amide bonds. The van der Waals surface area contributed by atoms with Gasteiger partial charge in [0.05, 0.1) is 11.8 Å². The summed E-state index contributed by atoms with van der Waals surface area (Å²) in [5.41, 5.74) is 6.69. The Hall–Kier alpha value is -2.04. The summed E-state index contributed by atoms with van der Waals surface area (Å²) in [5.74, 6) is 0.931. The average Bonchev–Trinajstić information content (AvgIpc) is 2.69. The Kier molecular flexibility index (Phi) is 3.27. The molecular formula is C12H14FN3O. The third-order valence-electron chi connectivity index (χ3n) is 2.47. The molecular weight excluding hydrogens is 221 g/mol. The van der Waals surface area contributed by atoms with Gasteiger partial charge in [0.1, 0.15) is 24.0 Å². The maximum atomic E-state index is 12.7. The van der Waals surface area contributed by atoms with E-state index in [9.17, 15) is 4.39 Å². The van der Waals surface area contributed by atoms with Gasteiger partial charge in [-0.15, -0.1) is 0 Å². The van der Waals surface area contributed by atoms with Gasteiger partial charge < -0.3 is 10.5 Å². The van der Waals surface area contributed by atoms with Gasteiger partial charge in [0, 0.05) is 6.54 Å². The largest absolute Gasteiger partial charge is 0.489 e. The monoisotopic (exact) mass is 235 g/mol. The van der Waals surface area contributed by atoms with Crippen LogP contribution in [0.25, 0.3) is 0 Å². The van der Waals surface area contributed by atoms with Gasteiger partial charge in [-0.2, -0.15) is 5.10 Å². The topological polar surface area (TPSA) is 53.1 Å². The first-order valence-corrected chi connectivity index (χ1v) is 5.39. The highest BCUT2D eigenvalue weighted by molar-refractivity contribution is 5.38. The number of aromatic nitrogens is 2. The molecule has 17 heavy (non-hydrogen) atoms. The van der Waals surface area contributed by atoms with Gasteiger partial charge in [0.15, 0.2) is 0 Å². The van der Waals surface area contributed by atoms with Crippen molar-refractivity contribution in [3.8, 4) is 5.75 Å². The highest BCUT2D eigenvalue weighted by Gasteiger charge is 2.06. The molecule has 0 unspecified atom stereocenters. The number of halogens is 1. The van der Waals surface area contributed by atoms with Crippen LogP contribution in [0.3, 0.4) is 0 Å². The van der Waals surface area contributed by atoms with Crippen LogP contribution in [-0.2, 0) is 13.2 Å². The van der Waals surface area contributed by atoms with Crippen LogP contribution in [0.1, 0.15) is 12.5 Å². The Morgan fingerprint density at radius 2 is 2.06 bits per heavy atom. The number of nitrogens with two attached hydrogens (primary N) is 1. The summed E-state index contributed by atoms with van der Waals surface area (Å²) in [7, 11) is 0. The molecule has 1 heterocycles. The van der Waals surface area contributed by atoms with Gasteiger partial charge in [0.2, 0.25) is 0 Å². The molecule has 0 saturated heterocycles. The lowest BCUT2D eigenvalue weighted by Crippen LogP contribution is -2.04. The smallest absolute Gasteiger partial charge is 0.128 e. The third kappa shape index (κ3) is 2.55. The summed E-state index contributed by atoms with van der Waals surface area (Å²) >= 11 is 0. The molecule has 2 N–H and O–H groups in total. The number of ether oxygens (including phenoxy) is 1. The Balaban J connectivity index is 2.02. The van der Waals surface area contributed by atoms with Crippen molar-refractivity contribution in [3.63, 3.8) is 0 Å². The summed E-state index contributed by atoms with van der Waals surface area (Å²) in [4.78, 5) is 0. The molecule has 0 bridgehead atoms. The molecule has 0 aliphatic carbocycles. The van der Waals surface area contributed by atoms with Crippen molar-refractivity contribution in [2.75, 3.05) is 5.73 Å². The Labute approximate surface area is 98.8 Å². The van der Waals surface area contributed by atoms with Crippen LogP contribution in [0.5, 0.6) is 5.75 Å². The standard InChI is InChI=1S/C12H14FN3O/c1-2-16-12(14)9(7-15-16)8-17-11-5-3-10(13)4-6-11/h3-7H,2,8,14H2,1H3. The predicted octanol–water partition coefficient (Wildman–Crippen LogP) is 2.20. The van der Waals surface area contributed by atoms with Gasteiger partial charge in [-0.1, -0.05) is 0 Å². The lowest BCUT2D eigenvalue weighted by Gasteiger charge is -2.05. The number of hydrogen-bond donors (Lipinski definition) is 1. The van der Waals surface area contributed by atoms with Crippen molar-refractivity contribution in [3.05, 3.63) is 41.8 Å². The number of rotatable bonds is 4. The Morgan fingerprint density at radius 1 is 1.35 bits per heavy atom. The first-order chi connectivity index (χ1) is 8.20. The van der Waals surface area contributed by atoms with E-state index >= 15 is 0 Å². The summed E-state index contributed by atoms with van der Waals surface area (Å²) < 4.78 is 19.9. The van der Waals surface area contributed by atoms with E-state index in [1.165, 1.54) is 12.1 Å². The second-order valence-corrected chi connectivity index (χ2v) is 3.61. The number of anilines is 1. The molecule has 0 aliphatic rings. The van der Waals surface area contributed by atoms with E-state index in [2.05, 4.69) is 5.10 Å². The van der Waals surface area contributed by atoms with E-state index < -0.39 is 0 Å². The summed E-state index contributed by atoms with van der Waals surface area (Å²) in [6.07, 6.45) is 1.68. The minimum atomic E-state index is -0.282. The Morgan fingerprint density at radius 3 is 2.65 bits per heavy atom. The highest BCUT2D eigenvalue weighted by Crippen LogP contribution is 2.16. The molecule has 4 nitrogen and oxygen atoms in total. The van der Waals surface area contributed by atoms with Crippen LogP contribution in [0.15, 0.2) is 30.5 Å². The fourth-order valence-corrected chi connectivity index (χ4v) is 1.49. The maximum absolute atomic E-state index is 12.7. The number of benzene rings is 1. The Bertz CT molecular complexity index is 493. The fourth-order valence-electron chi connectivity index (χ4n) is 1.49. The van der Waals surface area contributed by atoms with Gasteiger partial charge >= 0.3 is 0 Å². The number of aryl methyl sites for hydroxylation is 1. The molecule has 1 aromatic heterocycles. The van der Waals surface area contributed by atoms with Gasteiger partial charge in [-0.25, -0.2) is 4.39 Å². The van der Waals surface area contributed by atoms with Crippen LogP contribution in [0.2, 0.25) is 0 Å². The molecule has 2 aromatic rings.